The maximum atomic E-state index is 13.4. The van der Waals surface area contributed by atoms with E-state index in [0.717, 1.165) is 55.7 Å². The summed E-state index contributed by atoms with van der Waals surface area (Å²) in [7, 11) is 0. The van der Waals surface area contributed by atoms with Crippen molar-refractivity contribution in [2.24, 2.45) is 0 Å². The van der Waals surface area contributed by atoms with Gasteiger partial charge in [-0.2, -0.15) is 5.26 Å². The second kappa shape index (κ2) is 11.2. The Balaban J connectivity index is 1.75. The van der Waals surface area contributed by atoms with E-state index >= 15 is 0 Å². The molecule has 8 heteroatoms. The number of benzene rings is 1. The number of rotatable bonds is 7. The molecule has 2 aliphatic heterocycles. The molecule has 6 nitrogen and oxygen atoms in total. The van der Waals surface area contributed by atoms with Crippen molar-refractivity contribution in [3.05, 3.63) is 67.8 Å². The van der Waals surface area contributed by atoms with Gasteiger partial charge >= 0.3 is 0 Å². The predicted molar refractivity (Wildman–Crippen MR) is 147 cm³/mol. The van der Waals surface area contributed by atoms with Crippen LogP contribution in [0.2, 0.25) is 0 Å². The lowest BCUT2D eigenvalue weighted by Gasteiger charge is -2.33. The number of aromatic nitrogens is 1. The Morgan fingerprint density at radius 2 is 1.83 bits per heavy atom. The molecule has 2 aliphatic rings. The SMILES string of the molecule is CCCn1c(N2CCCCC2)c(/C=C2/SC(=S)N(CCc3ccccc3)C2=O)c(C)c(C#N)c1=O. The molecule has 1 aromatic carbocycles. The Labute approximate surface area is 216 Å². The fraction of sp³-hybridized carbons (Fsp3) is 0.407. The van der Waals surface area contributed by atoms with E-state index in [0.29, 0.717) is 27.9 Å². The fourth-order valence-electron chi connectivity index (χ4n) is 4.73. The van der Waals surface area contributed by atoms with Gasteiger partial charge in [0.15, 0.2) is 0 Å². The molecule has 0 saturated carbocycles. The summed E-state index contributed by atoms with van der Waals surface area (Å²) in [6, 6.07) is 12.2. The number of piperidine rings is 1. The fourth-order valence-corrected chi connectivity index (χ4v) is 6.02. The van der Waals surface area contributed by atoms with Gasteiger partial charge in [0.05, 0.1) is 4.91 Å². The summed E-state index contributed by atoms with van der Waals surface area (Å²) >= 11 is 6.86. The molecule has 2 saturated heterocycles. The highest BCUT2D eigenvalue weighted by atomic mass is 32.2. The molecule has 2 aromatic rings. The first-order valence-electron chi connectivity index (χ1n) is 12.2. The Morgan fingerprint density at radius 1 is 1.11 bits per heavy atom. The van der Waals surface area contributed by atoms with Gasteiger partial charge in [0, 0.05) is 31.7 Å². The molecule has 0 unspecified atom stereocenters. The normalized spacial score (nSPS) is 17.3. The van der Waals surface area contributed by atoms with Gasteiger partial charge in [-0.25, -0.2) is 0 Å². The monoisotopic (exact) mass is 506 g/mol. The Hall–Kier alpha value is -2.89. The van der Waals surface area contributed by atoms with Crippen LogP contribution in [0.5, 0.6) is 0 Å². The third-order valence-corrected chi connectivity index (χ3v) is 7.94. The molecular formula is C27H30N4O2S2. The number of carbonyl (C=O) groups excluding carboxylic acids is 1. The molecule has 182 valence electrons. The quantitative estimate of drug-likeness (QED) is 0.394. The summed E-state index contributed by atoms with van der Waals surface area (Å²) in [6.07, 6.45) is 6.63. The zero-order valence-electron chi connectivity index (χ0n) is 20.2. The van der Waals surface area contributed by atoms with Crippen LogP contribution in [0, 0.1) is 18.3 Å². The minimum Gasteiger partial charge on any atom is -0.357 e. The number of nitriles is 1. The lowest BCUT2D eigenvalue weighted by Crippen LogP contribution is -2.37. The molecule has 0 N–H and O–H groups in total. The molecule has 3 heterocycles. The number of thiocarbonyl (C=S) groups is 1. The van der Waals surface area contributed by atoms with E-state index in [1.807, 2.05) is 50.3 Å². The Bertz CT molecular complexity index is 1250. The first kappa shape index (κ1) is 25.2. The average molecular weight is 507 g/mol. The van der Waals surface area contributed by atoms with Gasteiger partial charge in [-0.15, -0.1) is 0 Å². The number of amides is 1. The van der Waals surface area contributed by atoms with E-state index in [1.54, 1.807) is 9.47 Å². The molecule has 0 atom stereocenters. The van der Waals surface area contributed by atoms with Crippen molar-refractivity contribution in [1.29, 1.82) is 5.26 Å². The summed E-state index contributed by atoms with van der Waals surface area (Å²) < 4.78 is 2.27. The highest BCUT2D eigenvalue weighted by Crippen LogP contribution is 2.36. The van der Waals surface area contributed by atoms with E-state index in [4.69, 9.17) is 12.2 Å². The number of carbonyl (C=O) groups is 1. The van der Waals surface area contributed by atoms with Gasteiger partial charge in [0.25, 0.3) is 11.5 Å². The van der Waals surface area contributed by atoms with Gasteiger partial charge in [0.1, 0.15) is 21.8 Å². The van der Waals surface area contributed by atoms with Crippen LogP contribution in [0.25, 0.3) is 6.08 Å². The van der Waals surface area contributed by atoms with Crippen molar-refractivity contribution in [3.8, 4) is 6.07 Å². The standard InChI is InChI=1S/C27H30N4O2S2/c1-3-13-30-24(29-14-8-5-9-15-29)21(19(2)22(18-28)25(30)32)17-23-26(33)31(27(34)35-23)16-12-20-10-6-4-7-11-20/h4,6-7,10-11,17H,3,5,8-9,12-16H2,1-2H3/b23-17+. The lowest BCUT2D eigenvalue weighted by atomic mass is 10.0. The predicted octanol–water partition coefficient (Wildman–Crippen LogP) is 4.87. The number of thioether (sulfide) groups is 1. The third-order valence-electron chi connectivity index (χ3n) is 6.57. The van der Waals surface area contributed by atoms with Gasteiger partial charge in [-0.05, 0) is 56.2 Å². The average Bonchev–Trinajstić information content (AvgIpc) is 3.14. The third kappa shape index (κ3) is 5.21. The molecule has 0 radical (unpaired) electrons. The summed E-state index contributed by atoms with van der Waals surface area (Å²) in [4.78, 5) is 31.1. The maximum absolute atomic E-state index is 13.4. The number of anilines is 1. The van der Waals surface area contributed by atoms with E-state index < -0.39 is 0 Å². The van der Waals surface area contributed by atoms with E-state index in [1.165, 1.54) is 18.2 Å². The van der Waals surface area contributed by atoms with Crippen LogP contribution in [0.15, 0.2) is 40.0 Å². The van der Waals surface area contributed by atoms with E-state index in [-0.39, 0.29) is 17.0 Å². The topological polar surface area (TPSA) is 69.3 Å². The van der Waals surface area contributed by atoms with E-state index in [9.17, 15) is 14.9 Å². The van der Waals surface area contributed by atoms with Crippen LogP contribution in [0.4, 0.5) is 5.82 Å². The summed E-state index contributed by atoms with van der Waals surface area (Å²) in [5.74, 6) is 0.703. The van der Waals surface area contributed by atoms with Crippen molar-refractivity contribution in [3.63, 3.8) is 0 Å². The first-order valence-corrected chi connectivity index (χ1v) is 13.4. The highest BCUT2D eigenvalue weighted by molar-refractivity contribution is 8.26. The number of nitrogens with zero attached hydrogens (tertiary/aromatic N) is 4. The van der Waals surface area contributed by atoms with Crippen molar-refractivity contribution in [2.45, 2.75) is 52.5 Å². The van der Waals surface area contributed by atoms with Crippen molar-refractivity contribution in [1.82, 2.24) is 9.47 Å². The summed E-state index contributed by atoms with van der Waals surface area (Å²) in [5, 5.41) is 9.79. The van der Waals surface area contributed by atoms with Crippen LogP contribution in [0.3, 0.4) is 0 Å². The smallest absolute Gasteiger partial charge is 0.270 e. The zero-order valence-corrected chi connectivity index (χ0v) is 21.9. The molecular weight excluding hydrogens is 476 g/mol. The second-order valence-corrected chi connectivity index (χ2v) is 10.6. The molecule has 1 amide bonds. The van der Waals surface area contributed by atoms with Gasteiger partial charge in [-0.3, -0.25) is 19.1 Å². The van der Waals surface area contributed by atoms with Crippen molar-refractivity contribution < 1.29 is 4.79 Å². The van der Waals surface area contributed by atoms with Crippen LogP contribution >= 0.6 is 24.0 Å². The minimum absolute atomic E-state index is 0.119. The number of hydrogen-bond donors (Lipinski definition) is 0. The highest BCUT2D eigenvalue weighted by Gasteiger charge is 2.33. The van der Waals surface area contributed by atoms with Crippen LogP contribution in [0.1, 0.15) is 54.9 Å². The number of pyridine rings is 1. The molecule has 0 spiro atoms. The van der Waals surface area contributed by atoms with Crippen LogP contribution in [-0.2, 0) is 17.8 Å². The number of hydrogen-bond acceptors (Lipinski definition) is 6. The zero-order chi connectivity index (χ0) is 24.9. The summed E-state index contributed by atoms with van der Waals surface area (Å²) in [5.41, 5.74) is 2.45. The molecule has 0 bridgehead atoms. The lowest BCUT2D eigenvalue weighted by molar-refractivity contribution is -0.122. The van der Waals surface area contributed by atoms with Crippen molar-refractivity contribution >= 4 is 46.1 Å². The maximum Gasteiger partial charge on any atom is 0.270 e. The second-order valence-electron chi connectivity index (χ2n) is 8.92. The molecule has 0 aliphatic carbocycles. The Kier molecular flexibility index (Phi) is 8.09. The molecule has 35 heavy (non-hydrogen) atoms. The van der Waals surface area contributed by atoms with Crippen LogP contribution in [-0.4, -0.2) is 39.3 Å². The van der Waals surface area contributed by atoms with E-state index in [2.05, 4.69) is 11.0 Å². The largest absolute Gasteiger partial charge is 0.357 e. The first-order chi connectivity index (χ1) is 17.0. The van der Waals surface area contributed by atoms with Gasteiger partial charge < -0.3 is 4.90 Å². The molecule has 1 aromatic heterocycles. The van der Waals surface area contributed by atoms with Crippen LogP contribution < -0.4 is 10.5 Å². The van der Waals surface area contributed by atoms with Crippen molar-refractivity contribution in [2.75, 3.05) is 24.5 Å². The summed E-state index contributed by atoms with van der Waals surface area (Å²) in [6.45, 7) is 6.59. The van der Waals surface area contributed by atoms with Gasteiger partial charge in [0.2, 0.25) is 0 Å². The van der Waals surface area contributed by atoms with Gasteiger partial charge in [-0.1, -0.05) is 61.2 Å². The molecule has 4 rings (SSSR count). The Morgan fingerprint density at radius 3 is 2.49 bits per heavy atom. The molecule has 2 fully saturated rings. The minimum atomic E-state index is -0.250.